The lowest BCUT2D eigenvalue weighted by molar-refractivity contribution is -0.141. The van der Waals surface area contributed by atoms with Crippen LogP contribution in [0.2, 0.25) is 0 Å². The first-order valence-electron chi connectivity index (χ1n) is 8.11. The first kappa shape index (κ1) is 22.3. The van der Waals surface area contributed by atoms with Crippen molar-refractivity contribution in [3.8, 4) is 0 Å². The average Bonchev–Trinajstić information content (AvgIpc) is 2.63. The number of aliphatic carboxylic acids is 1. The number of nitrogens with one attached hydrogen (secondary N) is 2. The van der Waals surface area contributed by atoms with Crippen molar-refractivity contribution in [1.82, 2.24) is 10.6 Å². The number of benzene rings is 1. The standard InChI is InChI=1S/C17H25N3O4S2/c1-26-8-7-12(18)15(21)19-13(9-11-5-3-2-4-6-11)16(22)20-14(10-25)17(23)24/h2-6,12-14,25H,7-10,18H2,1H3,(H,19,21)(H,20,22)(H,23,24). The number of nitrogens with two attached hydrogens (primary N) is 1. The molecule has 0 radical (unpaired) electrons. The SMILES string of the molecule is CSCCC(N)C(=O)NC(Cc1ccccc1)C(=O)NC(CS)C(=O)O. The van der Waals surface area contributed by atoms with Crippen LogP contribution in [0.1, 0.15) is 12.0 Å². The third kappa shape index (κ3) is 7.67. The summed E-state index contributed by atoms with van der Waals surface area (Å²) < 4.78 is 0. The molecule has 0 saturated heterocycles. The van der Waals surface area contributed by atoms with Gasteiger partial charge < -0.3 is 21.5 Å². The van der Waals surface area contributed by atoms with Gasteiger partial charge in [0.15, 0.2) is 0 Å². The number of thioether (sulfide) groups is 1. The van der Waals surface area contributed by atoms with Crippen molar-refractivity contribution in [3.05, 3.63) is 35.9 Å². The maximum Gasteiger partial charge on any atom is 0.327 e. The molecule has 2 amide bonds. The number of carboxylic acids is 1. The lowest BCUT2D eigenvalue weighted by Gasteiger charge is -2.22. The third-order valence-corrected chi connectivity index (χ3v) is 4.69. The molecule has 144 valence electrons. The van der Waals surface area contributed by atoms with Gasteiger partial charge in [-0.2, -0.15) is 24.4 Å². The maximum atomic E-state index is 12.5. The van der Waals surface area contributed by atoms with E-state index < -0.39 is 35.9 Å². The van der Waals surface area contributed by atoms with E-state index in [1.54, 1.807) is 11.8 Å². The lowest BCUT2D eigenvalue weighted by atomic mass is 10.0. The minimum atomic E-state index is -1.19. The van der Waals surface area contributed by atoms with E-state index in [2.05, 4.69) is 23.3 Å². The zero-order chi connectivity index (χ0) is 19.5. The number of hydrogen-bond acceptors (Lipinski definition) is 6. The van der Waals surface area contributed by atoms with Crippen LogP contribution in [0.4, 0.5) is 0 Å². The Balaban J connectivity index is 2.85. The monoisotopic (exact) mass is 399 g/mol. The number of carbonyl (C=O) groups excluding carboxylic acids is 2. The normalized spacial score (nSPS) is 14.1. The van der Waals surface area contributed by atoms with Crippen LogP contribution in [-0.2, 0) is 20.8 Å². The van der Waals surface area contributed by atoms with Gasteiger partial charge >= 0.3 is 5.97 Å². The summed E-state index contributed by atoms with van der Waals surface area (Å²) in [6, 6.07) is 6.36. The van der Waals surface area contributed by atoms with Crippen LogP contribution in [0.3, 0.4) is 0 Å². The topological polar surface area (TPSA) is 122 Å². The van der Waals surface area contributed by atoms with Crippen LogP contribution in [0, 0.1) is 0 Å². The van der Waals surface area contributed by atoms with Gasteiger partial charge in [-0.1, -0.05) is 30.3 Å². The zero-order valence-corrected chi connectivity index (χ0v) is 16.3. The molecule has 5 N–H and O–H groups in total. The number of carboxylic acid groups (broad SMARTS) is 1. The summed E-state index contributed by atoms with van der Waals surface area (Å²) in [6.45, 7) is 0. The van der Waals surface area contributed by atoms with Crippen molar-refractivity contribution in [2.24, 2.45) is 5.73 Å². The van der Waals surface area contributed by atoms with Crippen molar-refractivity contribution in [3.63, 3.8) is 0 Å². The van der Waals surface area contributed by atoms with Crippen molar-refractivity contribution in [1.29, 1.82) is 0 Å². The second-order valence-corrected chi connectivity index (χ2v) is 7.07. The first-order valence-corrected chi connectivity index (χ1v) is 10.1. The molecule has 9 heteroatoms. The highest BCUT2D eigenvalue weighted by atomic mass is 32.2. The largest absolute Gasteiger partial charge is 0.480 e. The quantitative estimate of drug-likeness (QED) is 0.341. The van der Waals surface area contributed by atoms with Gasteiger partial charge in [0, 0.05) is 12.2 Å². The molecule has 0 heterocycles. The highest BCUT2D eigenvalue weighted by Crippen LogP contribution is 2.06. The van der Waals surface area contributed by atoms with Gasteiger partial charge in [-0.25, -0.2) is 4.79 Å². The Kier molecular flexibility index (Phi) is 10.2. The van der Waals surface area contributed by atoms with Crippen LogP contribution in [0.25, 0.3) is 0 Å². The minimum Gasteiger partial charge on any atom is -0.480 e. The smallest absolute Gasteiger partial charge is 0.327 e. The van der Waals surface area contributed by atoms with E-state index in [9.17, 15) is 14.4 Å². The van der Waals surface area contributed by atoms with E-state index in [0.717, 1.165) is 11.3 Å². The first-order chi connectivity index (χ1) is 12.4. The molecule has 1 aromatic carbocycles. The van der Waals surface area contributed by atoms with Crippen molar-refractivity contribution >= 4 is 42.2 Å². The van der Waals surface area contributed by atoms with Crippen molar-refractivity contribution in [2.75, 3.05) is 17.8 Å². The van der Waals surface area contributed by atoms with Crippen molar-refractivity contribution < 1.29 is 19.5 Å². The molecule has 0 aliphatic heterocycles. The Labute approximate surface area is 162 Å². The predicted molar refractivity (Wildman–Crippen MR) is 106 cm³/mol. The molecule has 26 heavy (non-hydrogen) atoms. The molecular formula is C17H25N3O4S2. The van der Waals surface area contributed by atoms with Gasteiger partial charge in [-0.15, -0.1) is 0 Å². The number of carbonyl (C=O) groups is 3. The summed E-state index contributed by atoms with van der Waals surface area (Å²) in [5.41, 5.74) is 6.69. The number of rotatable bonds is 11. The molecular weight excluding hydrogens is 374 g/mol. The molecule has 0 bridgehead atoms. The Hall–Kier alpha value is -1.71. The summed E-state index contributed by atoms with van der Waals surface area (Å²) in [4.78, 5) is 35.9. The molecule has 0 saturated carbocycles. The Bertz CT molecular complexity index is 601. The molecule has 1 aromatic rings. The molecule has 0 aliphatic carbocycles. The van der Waals surface area contributed by atoms with Gasteiger partial charge in [0.05, 0.1) is 6.04 Å². The van der Waals surface area contributed by atoms with Crippen LogP contribution < -0.4 is 16.4 Å². The highest BCUT2D eigenvalue weighted by molar-refractivity contribution is 7.98. The maximum absolute atomic E-state index is 12.5. The molecule has 1 rings (SSSR count). The molecule has 0 spiro atoms. The van der Waals surface area contributed by atoms with Gasteiger partial charge in [0.25, 0.3) is 0 Å². The Morgan fingerprint density at radius 2 is 1.77 bits per heavy atom. The number of thiol groups is 1. The van der Waals surface area contributed by atoms with Gasteiger partial charge in [0.2, 0.25) is 11.8 Å². The van der Waals surface area contributed by atoms with Gasteiger partial charge in [-0.05, 0) is 24.0 Å². The summed E-state index contributed by atoms with van der Waals surface area (Å²) in [5.74, 6) is -1.53. The average molecular weight is 400 g/mol. The van der Waals surface area contributed by atoms with Crippen LogP contribution in [0.15, 0.2) is 30.3 Å². The fraction of sp³-hybridized carbons (Fsp3) is 0.471. The minimum absolute atomic E-state index is 0.0552. The number of hydrogen-bond donors (Lipinski definition) is 5. The van der Waals surface area contributed by atoms with Crippen molar-refractivity contribution in [2.45, 2.75) is 31.0 Å². The summed E-state index contributed by atoms with van der Waals surface area (Å²) >= 11 is 5.51. The molecule has 3 unspecified atom stereocenters. The Morgan fingerprint density at radius 1 is 1.15 bits per heavy atom. The van der Waals surface area contributed by atoms with E-state index in [0.29, 0.717) is 6.42 Å². The van der Waals surface area contributed by atoms with Gasteiger partial charge in [0.1, 0.15) is 12.1 Å². The second-order valence-electron chi connectivity index (χ2n) is 5.72. The third-order valence-electron chi connectivity index (χ3n) is 3.68. The van der Waals surface area contributed by atoms with E-state index in [1.165, 1.54) is 0 Å². The second kappa shape index (κ2) is 11.8. The lowest BCUT2D eigenvalue weighted by Crippen LogP contribution is -2.55. The molecule has 0 aromatic heterocycles. The summed E-state index contributed by atoms with van der Waals surface area (Å²) in [5, 5.41) is 14.1. The van der Waals surface area contributed by atoms with Crippen LogP contribution >= 0.6 is 24.4 Å². The number of amides is 2. The summed E-state index contributed by atoms with van der Waals surface area (Å²) in [6.07, 6.45) is 2.63. The fourth-order valence-corrected chi connectivity index (χ4v) is 2.91. The van der Waals surface area contributed by atoms with Crippen LogP contribution in [-0.4, -0.2) is 58.8 Å². The molecule has 0 aliphatic rings. The Morgan fingerprint density at radius 3 is 2.31 bits per heavy atom. The van der Waals surface area contributed by atoms with E-state index >= 15 is 0 Å². The molecule has 3 atom stereocenters. The van der Waals surface area contributed by atoms with E-state index in [-0.39, 0.29) is 12.2 Å². The van der Waals surface area contributed by atoms with E-state index in [1.807, 2.05) is 36.6 Å². The summed E-state index contributed by atoms with van der Waals surface area (Å²) in [7, 11) is 0. The molecule has 7 nitrogen and oxygen atoms in total. The van der Waals surface area contributed by atoms with Gasteiger partial charge in [-0.3, -0.25) is 9.59 Å². The molecule has 0 fully saturated rings. The highest BCUT2D eigenvalue weighted by Gasteiger charge is 2.27. The zero-order valence-electron chi connectivity index (χ0n) is 14.6. The fourth-order valence-electron chi connectivity index (χ4n) is 2.17. The van der Waals surface area contributed by atoms with Crippen LogP contribution in [0.5, 0.6) is 0 Å². The van der Waals surface area contributed by atoms with E-state index in [4.69, 9.17) is 10.8 Å². The predicted octanol–water partition coefficient (Wildman–Crippen LogP) is 0.294.